The lowest BCUT2D eigenvalue weighted by molar-refractivity contribution is 0.0945. The van der Waals surface area contributed by atoms with Crippen molar-refractivity contribution in [2.75, 3.05) is 32.5 Å². The third kappa shape index (κ3) is 3.67. The summed E-state index contributed by atoms with van der Waals surface area (Å²) < 4.78 is 5.22. The highest BCUT2D eigenvalue weighted by atomic mass is 16.5. The molecular formula is C16H25N3O2. The van der Waals surface area contributed by atoms with Crippen molar-refractivity contribution in [3.05, 3.63) is 23.8 Å². The number of carbonyl (C=O) groups is 1. The van der Waals surface area contributed by atoms with E-state index in [1.165, 1.54) is 0 Å². The van der Waals surface area contributed by atoms with Gasteiger partial charge in [0.1, 0.15) is 11.3 Å². The number of nitrogen functional groups attached to an aromatic ring is 1. The van der Waals surface area contributed by atoms with E-state index in [0.717, 1.165) is 19.5 Å². The van der Waals surface area contributed by atoms with Crippen molar-refractivity contribution >= 4 is 11.6 Å². The van der Waals surface area contributed by atoms with E-state index in [9.17, 15) is 4.79 Å². The van der Waals surface area contributed by atoms with Crippen LogP contribution < -0.4 is 15.8 Å². The van der Waals surface area contributed by atoms with Gasteiger partial charge in [-0.15, -0.1) is 0 Å². The molecule has 5 heteroatoms. The molecule has 2 rings (SSSR count). The lowest BCUT2D eigenvalue weighted by Crippen LogP contribution is -2.33. The maximum atomic E-state index is 12.3. The van der Waals surface area contributed by atoms with Gasteiger partial charge in [0.25, 0.3) is 5.91 Å². The summed E-state index contributed by atoms with van der Waals surface area (Å²) in [5.41, 5.74) is 6.77. The first-order chi connectivity index (χ1) is 10.0. The Labute approximate surface area is 126 Å². The number of ether oxygens (including phenoxy) is 1. The molecule has 1 aliphatic rings. The molecule has 5 nitrogen and oxygen atoms in total. The predicted molar refractivity (Wildman–Crippen MR) is 84.6 cm³/mol. The second-order valence-corrected chi connectivity index (χ2v) is 5.88. The average molecular weight is 291 g/mol. The van der Waals surface area contributed by atoms with Crippen molar-refractivity contribution in [3.8, 4) is 5.75 Å². The molecule has 0 radical (unpaired) electrons. The Kier molecular flexibility index (Phi) is 5.07. The molecule has 21 heavy (non-hydrogen) atoms. The van der Waals surface area contributed by atoms with Crippen molar-refractivity contribution in [1.29, 1.82) is 0 Å². The van der Waals surface area contributed by atoms with Crippen LogP contribution in [-0.4, -0.2) is 43.6 Å². The van der Waals surface area contributed by atoms with E-state index in [4.69, 9.17) is 10.5 Å². The fraction of sp³-hybridized carbons (Fsp3) is 0.562. The molecule has 0 aromatic heterocycles. The standard InChI is InChI=1S/C16H25N3O2/c1-11(2)19-8-7-12(10-19)9-18-16(20)15-13(17)5-4-6-14(15)21-3/h4-6,11-12H,7-10,17H2,1-3H3,(H,18,20). The maximum absolute atomic E-state index is 12.3. The summed E-state index contributed by atoms with van der Waals surface area (Å²) in [6, 6.07) is 5.81. The van der Waals surface area contributed by atoms with Gasteiger partial charge in [-0.3, -0.25) is 4.79 Å². The summed E-state index contributed by atoms with van der Waals surface area (Å²) in [6.45, 7) is 7.24. The van der Waals surface area contributed by atoms with Gasteiger partial charge in [0, 0.05) is 24.8 Å². The van der Waals surface area contributed by atoms with E-state index in [1.54, 1.807) is 25.3 Å². The van der Waals surface area contributed by atoms with Crippen LogP contribution in [-0.2, 0) is 0 Å². The molecular weight excluding hydrogens is 266 g/mol. The number of nitrogens with two attached hydrogens (primary N) is 1. The van der Waals surface area contributed by atoms with Crippen LogP contribution in [0.25, 0.3) is 0 Å². The van der Waals surface area contributed by atoms with Gasteiger partial charge in [0.2, 0.25) is 0 Å². The summed E-state index contributed by atoms with van der Waals surface area (Å²) in [6.07, 6.45) is 1.12. The minimum absolute atomic E-state index is 0.159. The van der Waals surface area contributed by atoms with Crippen molar-refractivity contribution in [2.24, 2.45) is 5.92 Å². The predicted octanol–water partition coefficient (Wildman–Crippen LogP) is 1.74. The van der Waals surface area contributed by atoms with Crippen LogP contribution in [0.4, 0.5) is 5.69 Å². The number of nitrogens with zero attached hydrogens (tertiary/aromatic N) is 1. The molecule has 1 aromatic rings. The molecule has 1 aliphatic heterocycles. The van der Waals surface area contributed by atoms with E-state index in [2.05, 4.69) is 24.1 Å². The van der Waals surface area contributed by atoms with Crippen LogP contribution in [0, 0.1) is 5.92 Å². The zero-order chi connectivity index (χ0) is 15.4. The van der Waals surface area contributed by atoms with Crippen LogP contribution in [0.5, 0.6) is 5.75 Å². The van der Waals surface area contributed by atoms with E-state index in [1.807, 2.05) is 0 Å². The fourth-order valence-electron chi connectivity index (χ4n) is 2.78. The van der Waals surface area contributed by atoms with E-state index >= 15 is 0 Å². The van der Waals surface area contributed by atoms with Crippen molar-refractivity contribution in [2.45, 2.75) is 26.3 Å². The lowest BCUT2D eigenvalue weighted by atomic mass is 10.1. The minimum atomic E-state index is -0.159. The molecule has 1 aromatic carbocycles. The summed E-state index contributed by atoms with van der Waals surface area (Å²) >= 11 is 0. The summed E-state index contributed by atoms with van der Waals surface area (Å²) in [5.74, 6) is 0.864. The zero-order valence-corrected chi connectivity index (χ0v) is 13.1. The van der Waals surface area contributed by atoms with Crippen LogP contribution in [0.2, 0.25) is 0 Å². The monoisotopic (exact) mass is 291 g/mol. The summed E-state index contributed by atoms with van der Waals surface area (Å²) in [7, 11) is 1.54. The quantitative estimate of drug-likeness (QED) is 0.811. The third-order valence-corrected chi connectivity index (χ3v) is 4.10. The first kappa shape index (κ1) is 15.6. The lowest BCUT2D eigenvalue weighted by Gasteiger charge is -2.20. The summed E-state index contributed by atoms with van der Waals surface area (Å²) in [4.78, 5) is 14.8. The first-order valence-corrected chi connectivity index (χ1v) is 7.47. The highest BCUT2D eigenvalue weighted by molar-refractivity contribution is 6.01. The Bertz CT molecular complexity index is 502. The smallest absolute Gasteiger partial charge is 0.257 e. The van der Waals surface area contributed by atoms with Gasteiger partial charge in [-0.2, -0.15) is 0 Å². The number of rotatable bonds is 5. The summed E-state index contributed by atoms with van der Waals surface area (Å²) in [5, 5.41) is 2.99. The Morgan fingerprint density at radius 3 is 2.90 bits per heavy atom. The van der Waals surface area contributed by atoms with Crippen LogP contribution in [0.1, 0.15) is 30.6 Å². The molecule has 0 saturated carbocycles. The fourth-order valence-corrected chi connectivity index (χ4v) is 2.78. The average Bonchev–Trinajstić information content (AvgIpc) is 2.93. The number of carbonyl (C=O) groups excluding carboxylic acids is 1. The number of nitrogens with one attached hydrogen (secondary N) is 1. The number of amides is 1. The van der Waals surface area contributed by atoms with E-state index < -0.39 is 0 Å². The Balaban J connectivity index is 1.94. The van der Waals surface area contributed by atoms with Crippen LogP contribution in [0.3, 0.4) is 0 Å². The Morgan fingerprint density at radius 2 is 2.29 bits per heavy atom. The zero-order valence-electron chi connectivity index (χ0n) is 13.1. The van der Waals surface area contributed by atoms with Gasteiger partial charge in [-0.25, -0.2) is 0 Å². The molecule has 0 bridgehead atoms. The molecule has 0 spiro atoms. The second kappa shape index (κ2) is 6.80. The van der Waals surface area contributed by atoms with Gasteiger partial charge < -0.3 is 20.7 Å². The highest BCUT2D eigenvalue weighted by Gasteiger charge is 2.25. The number of likely N-dealkylation sites (tertiary alicyclic amines) is 1. The molecule has 1 amide bonds. The van der Waals surface area contributed by atoms with E-state index in [-0.39, 0.29) is 5.91 Å². The molecule has 1 fully saturated rings. The molecule has 1 unspecified atom stereocenters. The SMILES string of the molecule is COc1cccc(N)c1C(=O)NCC1CCN(C(C)C)C1. The van der Waals surface area contributed by atoms with Gasteiger partial charge in [-0.1, -0.05) is 6.07 Å². The first-order valence-electron chi connectivity index (χ1n) is 7.47. The third-order valence-electron chi connectivity index (χ3n) is 4.10. The molecule has 116 valence electrons. The largest absolute Gasteiger partial charge is 0.496 e. The van der Waals surface area contributed by atoms with Crippen molar-refractivity contribution < 1.29 is 9.53 Å². The number of hydrogen-bond acceptors (Lipinski definition) is 4. The van der Waals surface area contributed by atoms with Crippen molar-refractivity contribution in [3.63, 3.8) is 0 Å². The van der Waals surface area contributed by atoms with Gasteiger partial charge in [0.05, 0.1) is 7.11 Å². The second-order valence-electron chi connectivity index (χ2n) is 5.88. The molecule has 1 heterocycles. The van der Waals surface area contributed by atoms with Gasteiger partial charge in [0.15, 0.2) is 0 Å². The topological polar surface area (TPSA) is 67.6 Å². The number of benzene rings is 1. The minimum Gasteiger partial charge on any atom is -0.496 e. The molecule has 1 atom stereocenters. The van der Waals surface area contributed by atoms with Gasteiger partial charge in [-0.05, 0) is 44.9 Å². The molecule has 0 aliphatic carbocycles. The van der Waals surface area contributed by atoms with E-state index in [0.29, 0.717) is 35.5 Å². The number of anilines is 1. The van der Waals surface area contributed by atoms with Gasteiger partial charge >= 0.3 is 0 Å². The number of methoxy groups -OCH3 is 1. The molecule has 1 saturated heterocycles. The Morgan fingerprint density at radius 1 is 1.52 bits per heavy atom. The highest BCUT2D eigenvalue weighted by Crippen LogP contribution is 2.24. The Hall–Kier alpha value is -1.75. The molecule has 3 N–H and O–H groups in total. The van der Waals surface area contributed by atoms with Crippen molar-refractivity contribution in [1.82, 2.24) is 10.2 Å². The maximum Gasteiger partial charge on any atom is 0.257 e. The number of hydrogen-bond donors (Lipinski definition) is 2. The van der Waals surface area contributed by atoms with Crippen LogP contribution in [0.15, 0.2) is 18.2 Å². The normalized spacial score (nSPS) is 19.0. The van der Waals surface area contributed by atoms with Crippen LogP contribution >= 0.6 is 0 Å².